The van der Waals surface area contributed by atoms with Crippen LogP contribution in [0.25, 0.3) is 11.0 Å². The van der Waals surface area contributed by atoms with E-state index in [-0.39, 0.29) is 22.9 Å². The standard InChI is InChI=1S/C23H29F2N3O3/c1-13(14-4-6-15(7-5-14)27-11-17(12-27)31-16-8-9-16)28-20(21(24)25)19(23(29)30)18-3-2-10-26-22(18)28/h2-3,10,13-17,21H,4-9,11-12H2,1H3,(H,29,30). The van der Waals surface area contributed by atoms with E-state index in [4.69, 9.17) is 4.74 Å². The fourth-order valence-corrected chi connectivity index (χ4v) is 5.50. The van der Waals surface area contributed by atoms with Gasteiger partial charge in [-0.15, -0.1) is 0 Å². The number of rotatable bonds is 7. The average Bonchev–Trinajstić information content (AvgIpc) is 3.47. The summed E-state index contributed by atoms with van der Waals surface area (Å²) in [6.07, 6.45) is 5.89. The normalized spacial score (nSPS) is 26.3. The van der Waals surface area contributed by atoms with Crippen LogP contribution in [-0.2, 0) is 4.74 Å². The molecule has 2 saturated carbocycles. The zero-order valence-electron chi connectivity index (χ0n) is 17.7. The molecule has 168 valence electrons. The van der Waals surface area contributed by atoms with E-state index in [0.29, 0.717) is 23.9 Å². The predicted octanol–water partition coefficient (Wildman–Crippen LogP) is 4.66. The van der Waals surface area contributed by atoms with E-state index in [1.807, 2.05) is 6.92 Å². The van der Waals surface area contributed by atoms with E-state index in [1.165, 1.54) is 23.6 Å². The molecule has 0 aromatic carbocycles. The van der Waals surface area contributed by atoms with Crippen molar-refractivity contribution in [3.8, 4) is 0 Å². The van der Waals surface area contributed by atoms with Gasteiger partial charge in [0.2, 0.25) is 0 Å². The second kappa shape index (κ2) is 8.13. The molecule has 0 bridgehead atoms. The van der Waals surface area contributed by atoms with Gasteiger partial charge in [-0.05, 0) is 63.5 Å². The number of hydrogen-bond acceptors (Lipinski definition) is 4. The van der Waals surface area contributed by atoms with Crippen molar-refractivity contribution in [2.45, 2.75) is 76.2 Å². The van der Waals surface area contributed by atoms with Gasteiger partial charge in [0.25, 0.3) is 6.43 Å². The molecule has 1 N–H and O–H groups in total. The van der Waals surface area contributed by atoms with Crippen molar-refractivity contribution in [2.24, 2.45) is 5.92 Å². The van der Waals surface area contributed by atoms with E-state index in [2.05, 4.69) is 9.88 Å². The van der Waals surface area contributed by atoms with E-state index in [0.717, 1.165) is 38.8 Å². The number of hydrogen-bond donors (Lipinski definition) is 1. The van der Waals surface area contributed by atoms with Crippen molar-refractivity contribution in [1.82, 2.24) is 14.5 Å². The lowest BCUT2D eigenvalue weighted by atomic mass is 9.80. The zero-order valence-corrected chi connectivity index (χ0v) is 17.7. The maximum absolute atomic E-state index is 14.0. The first-order chi connectivity index (χ1) is 14.9. The topological polar surface area (TPSA) is 67.6 Å². The molecule has 1 aliphatic heterocycles. The minimum atomic E-state index is -2.87. The number of ether oxygens (including phenoxy) is 1. The molecule has 0 spiro atoms. The smallest absolute Gasteiger partial charge is 0.338 e. The highest BCUT2D eigenvalue weighted by Gasteiger charge is 2.39. The van der Waals surface area contributed by atoms with Gasteiger partial charge >= 0.3 is 5.97 Å². The third kappa shape index (κ3) is 3.84. The summed E-state index contributed by atoms with van der Waals surface area (Å²) in [6, 6.07) is 3.46. The number of aromatic nitrogens is 2. The van der Waals surface area contributed by atoms with Gasteiger partial charge in [-0.2, -0.15) is 0 Å². The molecular formula is C23H29F2N3O3. The summed E-state index contributed by atoms with van der Waals surface area (Å²) in [5.41, 5.74) is -0.396. The van der Waals surface area contributed by atoms with Gasteiger partial charge in [0.1, 0.15) is 11.3 Å². The largest absolute Gasteiger partial charge is 0.478 e. The average molecular weight is 433 g/mol. The van der Waals surface area contributed by atoms with Gasteiger partial charge < -0.3 is 14.4 Å². The molecule has 3 fully saturated rings. The molecule has 1 atom stereocenters. The van der Waals surface area contributed by atoms with Crippen LogP contribution in [0.4, 0.5) is 8.78 Å². The van der Waals surface area contributed by atoms with Gasteiger partial charge in [-0.3, -0.25) is 4.90 Å². The first kappa shape index (κ1) is 20.8. The van der Waals surface area contributed by atoms with Gasteiger partial charge in [0.15, 0.2) is 0 Å². The summed E-state index contributed by atoms with van der Waals surface area (Å²) < 4.78 is 35.5. The van der Waals surface area contributed by atoms with Crippen molar-refractivity contribution >= 4 is 17.0 Å². The Bertz CT molecular complexity index is 960. The zero-order chi connectivity index (χ0) is 21.7. The first-order valence-corrected chi connectivity index (χ1v) is 11.3. The fourth-order valence-electron chi connectivity index (χ4n) is 5.50. The Morgan fingerprint density at radius 1 is 1.16 bits per heavy atom. The molecule has 0 amide bonds. The maximum Gasteiger partial charge on any atom is 0.338 e. The van der Waals surface area contributed by atoms with Crippen LogP contribution in [0.15, 0.2) is 18.3 Å². The molecule has 0 radical (unpaired) electrons. The van der Waals surface area contributed by atoms with Crippen molar-refractivity contribution in [1.29, 1.82) is 0 Å². The van der Waals surface area contributed by atoms with Crippen LogP contribution < -0.4 is 0 Å². The molecule has 3 heterocycles. The lowest BCUT2D eigenvalue weighted by Crippen LogP contribution is -2.57. The van der Waals surface area contributed by atoms with Crippen molar-refractivity contribution < 1.29 is 23.4 Å². The van der Waals surface area contributed by atoms with Crippen LogP contribution >= 0.6 is 0 Å². The van der Waals surface area contributed by atoms with Crippen LogP contribution in [-0.4, -0.2) is 56.9 Å². The number of fused-ring (bicyclic) bond motifs is 1. The summed E-state index contributed by atoms with van der Waals surface area (Å²) in [5.74, 6) is -1.11. The lowest BCUT2D eigenvalue weighted by molar-refractivity contribution is -0.0864. The van der Waals surface area contributed by atoms with E-state index >= 15 is 0 Å². The quantitative estimate of drug-likeness (QED) is 0.688. The SMILES string of the molecule is CC(C1CCC(N2CC(OC3CC3)C2)CC1)n1c(C(F)F)c(C(=O)O)c2cccnc21. The molecule has 5 rings (SSSR count). The van der Waals surface area contributed by atoms with E-state index in [9.17, 15) is 18.7 Å². The van der Waals surface area contributed by atoms with Crippen LogP contribution in [0.3, 0.4) is 0 Å². The second-order valence-corrected chi connectivity index (χ2v) is 9.33. The number of pyridine rings is 1. The molecule has 2 aromatic rings. The highest BCUT2D eigenvalue weighted by molar-refractivity contribution is 6.04. The number of aromatic carboxylic acids is 1. The van der Waals surface area contributed by atoms with Crippen LogP contribution in [0, 0.1) is 5.92 Å². The molecule has 8 heteroatoms. The number of carbonyl (C=O) groups is 1. The molecule has 3 aliphatic rings. The van der Waals surface area contributed by atoms with Crippen molar-refractivity contribution in [3.63, 3.8) is 0 Å². The van der Waals surface area contributed by atoms with Gasteiger partial charge in [-0.25, -0.2) is 18.6 Å². The number of carboxylic acid groups (broad SMARTS) is 1. The number of halogens is 2. The number of carboxylic acids is 1. The third-order valence-electron chi connectivity index (χ3n) is 7.35. The summed E-state index contributed by atoms with van der Waals surface area (Å²) in [4.78, 5) is 18.6. The molecule has 2 aromatic heterocycles. The monoisotopic (exact) mass is 433 g/mol. The Hall–Kier alpha value is -2.06. The van der Waals surface area contributed by atoms with Gasteiger partial charge in [0.05, 0.1) is 17.8 Å². The molecular weight excluding hydrogens is 404 g/mol. The predicted molar refractivity (Wildman–Crippen MR) is 112 cm³/mol. The third-order valence-corrected chi connectivity index (χ3v) is 7.35. The van der Waals surface area contributed by atoms with Crippen LogP contribution in [0.1, 0.15) is 74.0 Å². The van der Waals surface area contributed by atoms with Crippen molar-refractivity contribution in [3.05, 3.63) is 29.6 Å². The summed E-state index contributed by atoms with van der Waals surface area (Å²) >= 11 is 0. The summed E-state index contributed by atoms with van der Waals surface area (Å²) in [7, 11) is 0. The Balaban J connectivity index is 1.31. The molecule has 1 unspecified atom stereocenters. The van der Waals surface area contributed by atoms with E-state index < -0.39 is 18.1 Å². The minimum Gasteiger partial charge on any atom is -0.478 e. The molecule has 2 aliphatic carbocycles. The van der Waals surface area contributed by atoms with Gasteiger partial charge in [0, 0.05) is 36.8 Å². The molecule has 6 nitrogen and oxygen atoms in total. The van der Waals surface area contributed by atoms with Crippen molar-refractivity contribution in [2.75, 3.05) is 13.1 Å². The Labute approximate surface area is 180 Å². The highest BCUT2D eigenvalue weighted by atomic mass is 19.3. The van der Waals surface area contributed by atoms with Gasteiger partial charge in [-0.1, -0.05) is 0 Å². The van der Waals surface area contributed by atoms with Crippen LogP contribution in [0.5, 0.6) is 0 Å². The second-order valence-electron chi connectivity index (χ2n) is 9.33. The Kier molecular flexibility index (Phi) is 5.46. The Morgan fingerprint density at radius 2 is 1.87 bits per heavy atom. The Morgan fingerprint density at radius 3 is 2.48 bits per heavy atom. The van der Waals surface area contributed by atoms with Crippen LogP contribution in [0.2, 0.25) is 0 Å². The maximum atomic E-state index is 14.0. The van der Waals surface area contributed by atoms with E-state index in [1.54, 1.807) is 12.1 Å². The number of likely N-dealkylation sites (tertiary alicyclic amines) is 1. The lowest BCUT2D eigenvalue weighted by Gasteiger charge is -2.47. The number of alkyl halides is 2. The fraction of sp³-hybridized carbons (Fsp3) is 0.652. The first-order valence-electron chi connectivity index (χ1n) is 11.3. The summed E-state index contributed by atoms with van der Waals surface area (Å²) in [5, 5.41) is 9.92. The molecule has 31 heavy (non-hydrogen) atoms. The summed E-state index contributed by atoms with van der Waals surface area (Å²) in [6.45, 7) is 3.94. The minimum absolute atomic E-state index is 0.216. The molecule has 1 saturated heterocycles. The number of nitrogens with zero attached hydrogens (tertiary/aromatic N) is 3. The highest BCUT2D eigenvalue weighted by Crippen LogP contribution is 2.41.